The third kappa shape index (κ3) is 3.63. The Balaban J connectivity index is 1.35. The number of carbonyl (C=O) groups is 1. The van der Waals surface area contributed by atoms with E-state index in [0.717, 1.165) is 61.9 Å². The van der Waals surface area contributed by atoms with Gasteiger partial charge in [-0.25, -0.2) is 4.39 Å². The maximum Gasteiger partial charge on any atom is 0.263 e. The number of nitrogens with zero attached hydrogens (tertiary/aromatic N) is 2. The van der Waals surface area contributed by atoms with E-state index in [4.69, 9.17) is 4.74 Å². The minimum absolute atomic E-state index is 0.0862. The summed E-state index contributed by atoms with van der Waals surface area (Å²) in [6.07, 6.45) is 4.68. The van der Waals surface area contributed by atoms with Gasteiger partial charge >= 0.3 is 0 Å². The molecule has 0 unspecified atom stereocenters. The van der Waals surface area contributed by atoms with E-state index in [2.05, 4.69) is 4.90 Å². The fourth-order valence-corrected chi connectivity index (χ4v) is 5.20. The molecule has 4 nitrogen and oxygen atoms in total. The predicted molar refractivity (Wildman–Crippen MR) is 102 cm³/mol. The monoisotopic (exact) mass is 376 g/mol. The molecule has 2 aromatic rings. The molecule has 2 saturated heterocycles. The SMILES string of the molecule is COC1CCN(C2CCN(C(=O)c3cc4cc(F)ccc4s3)CC2)CC1. The second-order valence-corrected chi connectivity index (χ2v) is 8.37. The molecule has 0 saturated carbocycles. The summed E-state index contributed by atoms with van der Waals surface area (Å²) < 4.78 is 19.8. The summed E-state index contributed by atoms with van der Waals surface area (Å²) in [7, 11) is 1.80. The van der Waals surface area contributed by atoms with E-state index in [-0.39, 0.29) is 11.7 Å². The number of ether oxygens (including phenoxy) is 1. The van der Waals surface area contributed by atoms with Crippen molar-refractivity contribution in [3.05, 3.63) is 35.0 Å². The van der Waals surface area contributed by atoms with Gasteiger partial charge in [0.05, 0.1) is 11.0 Å². The first-order valence-electron chi connectivity index (χ1n) is 9.39. The number of methoxy groups -OCH3 is 1. The number of halogens is 1. The highest BCUT2D eigenvalue weighted by Crippen LogP contribution is 2.29. The van der Waals surface area contributed by atoms with Crippen molar-refractivity contribution >= 4 is 27.3 Å². The van der Waals surface area contributed by atoms with Crippen LogP contribution in [-0.2, 0) is 4.74 Å². The first-order valence-corrected chi connectivity index (χ1v) is 10.2. The van der Waals surface area contributed by atoms with Crippen molar-refractivity contribution in [2.75, 3.05) is 33.3 Å². The number of rotatable bonds is 3. The number of piperidine rings is 2. The van der Waals surface area contributed by atoms with Crippen LogP contribution < -0.4 is 0 Å². The smallest absolute Gasteiger partial charge is 0.263 e. The lowest BCUT2D eigenvalue weighted by atomic mass is 9.99. The quantitative estimate of drug-likeness (QED) is 0.818. The molecule has 0 N–H and O–H groups in total. The van der Waals surface area contributed by atoms with Crippen molar-refractivity contribution in [3.8, 4) is 0 Å². The van der Waals surface area contributed by atoms with E-state index in [1.165, 1.54) is 23.5 Å². The minimum Gasteiger partial charge on any atom is -0.381 e. The zero-order valence-corrected chi connectivity index (χ0v) is 15.9. The highest BCUT2D eigenvalue weighted by molar-refractivity contribution is 7.20. The Bertz CT molecular complexity index is 777. The van der Waals surface area contributed by atoms with E-state index in [9.17, 15) is 9.18 Å². The first kappa shape index (κ1) is 17.9. The molecule has 26 heavy (non-hydrogen) atoms. The lowest BCUT2D eigenvalue weighted by Gasteiger charge is -2.41. The lowest BCUT2D eigenvalue weighted by Crippen LogP contribution is -2.49. The standard InChI is InChI=1S/C20H25FN2O2S/c1-25-17-6-10-22(11-7-17)16-4-8-23(9-5-16)20(24)19-13-14-12-15(21)2-3-18(14)26-19/h2-3,12-13,16-17H,4-11H2,1H3. The van der Waals surface area contributed by atoms with Crippen molar-refractivity contribution in [2.24, 2.45) is 0 Å². The van der Waals surface area contributed by atoms with Gasteiger partial charge in [0.15, 0.2) is 0 Å². The van der Waals surface area contributed by atoms with Gasteiger partial charge in [0, 0.05) is 44.0 Å². The third-order valence-corrected chi connectivity index (χ3v) is 6.87. The molecule has 2 aliphatic rings. The summed E-state index contributed by atoms with van der Waals surface area (Å²) in [6, 6.07) is 7.10. The highest BCUT2D eigenvalue weighted by Gasteiger charge is 2.30. The fraction of sp³-hybridized carbons (Fsp3) is 0.550. The molecule has 0 radical (unpaired) electrons. The van der Waals surface area contributed by atoms with Crippen molar-refractivity contribution < 1.29 is 13.9 Å². The molecule has 140 valence electrons. The number of amides is 1. The molecule has 1 aromatic heterocycles. The van der Waals surface area contributed by atoms with Gasteiger partial charge in [0.25, 0.3) is 5.91 Å². The normalized spacial score (nSPS) is 20.8. The van der Waals surface area contributed by atoms with Crippen LogP contribution in [0, 0.1) is 5.82 Å². The van der Waals surface area contributed by atoms with Crippen LogP contribution in [-0.4, -0.2) is 61.1 Å². The van der Waals surface area contributed by atoms with Gasteiger partial charge in [0.1, 0.15) is 5.82 Å². The van der Waals surface area contributed by atoms with Crippen LogP contribution >= 0.6 is 11.3 Å². The number of thiophene rings is 1. The molecule has 1 aromatic carbocycles. The van der Waals surface area contributed by atoms with E-state index in [0.29, 0.717) is 17.0 Å². The maximum absolute atomic E-state index is 13.4. The molecule has 0 bridgehead atoms. The molecule has 0 spiro atoms. The summed E-state index contributed by atoms with van der Waals surface area (Å²) in [6.45, 7) is 3.80. The summed E-state index contributed by atoms with van der Waals surface area (Å²) in [4.78, 5) is 18.1. The van der Waals surface area contributed by atoms with Crippen LogP contribution in [0.25, 0.3) is 10.1 Å². The molecule has 4 rings (SSSR count). The summed E-state index contributed by atoms with van der Waals surface area (Å²) >= 11 is 1.46. The molecular weight excluding hydrogens is 351 g/mol. The minimum atomic E-state index is -0.257. The second kappa shape index (κ2) is 7.62. The fourth-order valence-electron chi connectivity index (χ4n) is 4.19. The molecule has 6 heteroatoms. The number of hydrogen-bond acceptors (Lipinski definition) is 4. The van der Waals surface area contributed by atoms with Gasteiger partial charge in [-0.3, -0.25) is 4.79 Å². The number of hydrogen-bond donors (Lipinski definition) is 0. The molecule has 0 aliphatic carbocycles. The molecule has 2 aliphatic heterocycles. The summed E-state index contributed by atoms with van der Waals surface area (Å²) in [5.41, 5.74) is 0. The average Bonchev–Trinajstić information content (AvgIpc) is 3.11. The molecule has 2 fully saturated rings. The Hall–Kier alpha value is -1.50. The van der Waals surface area contributed by atoms with Gasteiger partial charge in [0.2, 0.25) is 0 Å². The second-order valence-electron chi connectivity index (χ2n) is 7.29. The van der Waals surface area contributed by atoms with E-state index >= 15 is 0 Å². The summed E-state index contributed by atoms with van der Waals surface area (Å²) in [5, 5.41) is 0.814. The Labute approximate surface area is 157 Å². The van der Waals surface area contributed by atoms with E-state index < -0.39 is 0 Å². The summed E-state index contributed by atoms with van der Waals surface area (Å²) in [5.74, 6) is -0.171. The van der Waals surface area contributed by atoms with Gasteiger partial charge in [-0.05, 0) is 55.3 Å². The zero-order valence-electron chi connectivity index (χ0n) is 15.1. The molecule has 0 atom stereocenters. The number of fused-ring (bicyclic) bond motifs is 1. The van der Waals surface area contributed by atoms with Crippen LogP contribution in [0.3, 0.4) is 0 Å². The maximum atomic E-state index is 13.4. The van der Waals surface area contributed by atoms with Crippen LogP contribution in [0.15, 0.2) is 24.3 Å². The highest BCUT2D eigenvalue weighted by atomic mass is 32.1. The third-order valence-electron chi connectivity index (χ3n) is 5.77. The molecule has 3 heterocycles. The van der Waals surface area contributed by atoms with E-state index in [1.807, 2.05) is 11.0 Å². The topological polar surface area (TPSA) is 32.8 Å². The molecule has 1 amide bonds. The Morgan fingerprint density at radius 3 is 2.54 bits per heavy atom. The van der Waals surface area contributed by atoms with Crippen molar-refractivity contribution in [2.45, 2.75) is 37.8 Å². The van der Waals surface area contributed by atoms with Crippen LogP contribution in [0.4, 0.5) is 4.39 Å². The van der Waals surface area contributed by atoms with Gasteiger partial charge in [-0.2, -0.15) is 0 Å². The largest absolute Gasteiger partial charge is 0.381 e. The molecular formula is C20H25FN2O2S. The number of carbonyl (C=O) groups excluding carboxylic acids is 1. The van der Waals surface area contributed by atoms with Gasteiger partial charge in [-0.15, -0.1) is 11.3 Å². The van der Waals surface area contributed by atoms with Crippen molar-refractivity contribution in [1.29, 1.82) is 0 Å². The van der Waals surface area contributed by atoms with Gasteiger partial charge in [-0.1, -0.05) is 0 Å². The number of likely N-dealkylation sites (tertiary alicyclic amines) is 2. The lowest BCUT2D eigenvalue weighted by molar-refractivity contribution is 0.0146. The Kier molecular flexibility index (Phi) is 5.25. The Morgan fingerprint density at radius 2 is 1.85 bits per heavy atom. The Morgan fingerprint density at radius 1 is 1.12 bits per heavy atom. The van der Waals surface area contributed by atoms with Gasteiger partial charge < -0.3 is 14.5 Å². The van der Waals surface area contributed by atoms with E-state index in [1.54, 1.807) is 13.2 Å². The van der Waals surface area contributed by atoms with Crippen molar-refractivity contribution in [1.82, 2.24) is 9.80 Å². The van der Waals surface area contributed by atoms with Crippen molar-refractivity contribution in [3.63, 3.8) is 0 Å². The van der Waals surface area contributed by atoms with Crippen LogP contribution in [0.1, 0.15) is 35.4 Å². The van der Waals surface area contributed by atoms with Crippen LogP contribution in [0.5, 0.6) is 0 Å². The average molecular weight is 376 g/mol. The number of benzene rings is 1. The first-order chi connectivity index (χ1) is 12.6. The zero-order chi connectivity index (χ0) is 18.1. The van der Waals surface area contributed by atoms with Crippen LogP contribution in [0.2, 0.25) is 0 Å². The predicted octanol–water partition coefficient (Wildman–Crippen LogP) is 3.76.